The number of ether oxygens (including phenoxy) is 1. The van der Waals surface area contributed by atoms with Gasteiger partial charge in [-0.05, 0) is 51.1 Å². The number of ketones is 1. The van der Waals surface area contributed by atoms with E-state index in [0.717, 1.165) is 21.6 Å². The first-order valence-corrected chi connectivity index (χ1v) is 8.53. The zero-order valence-electron chi connectivity index (χ0n) is 13.4. The molecule has 0 radical (unpaired) electrons. The number of hydrogen-bond donors (Lipinski definition) is 0. The van der Waals surface area contributed by atoms with Gasteiger partial charge in [-0.3, -0.25) is 4.79 Å². The van der Waals surface area contributed by atoms with Crippen molar-refractivity contribution in [2.45, 2.75) is 26.9 Å². The third kappa shape index (κ3) is 3.07. The predicted octanol–water partition coefficient (Wildman–Crippen LogP) is 4.18. The van der Waals surface area contributed by atoms with E-state index in [1.165, 1.54) is 18.3 Å². The number of aryl methyl sites for hydroxylation is 1. The molecule has 24 heavy (non-hydrogen) atoms. The van der Waals surface area contributed by atoms with Crippen LogP contribution in [0.5, 0.6) is 0 Å². The van der Waals surface area contributed by atoms with Crippen LogP contribution in [0.15, 0.2) is 30.3 Å². The highest BCUT2D eigenvalue weighted by atomic mass is 35.5. The second-order valence-electron chi connectivity index (χ2n) is 5.46. The molecule has 0 bridgehead atoms. The second kappa shape index (κ2) is 6.37. The first kappa shape index (κ1) is 16.7. The van der Waals surface area contributed by atoms with E-state index < -0.39 is 12.1 Å². The van der Waals surface area contributed by atoms with Crippen molar-refractivity contribution in [1.29, 1.82) is 0 Å². The summed E-state index contributed by atoms with van der Waals surface area (Å²) in [6, 6.07) is 9.06. The topological polar surface area (TPSA) is 61.2 Å². The van der Waals surface area contributed by atoms with Gasteiger partial charge in [-0.1, -0.05) is 11.6 Å². The fourth-order valence-electron chi connectivity index (χ4n) is 2.21. The smallest absolute Gasteiger partial charge is 0.349 e. The van der Waals surface area contributed by atoms with E-state index in [1.54, 1.807) is 29.8 Å². The Kier molecular flexibility index (Phi) is 4.43. The van der Waals surface area contributed by atoms with Gasteiger partial charge in [0.15, 0.2) is 11.9 Å². The molecule has 124 valence electrons. The minimum atomic E-state index is -0.753. The molecule has 5 nitrogen and oxygen atoms in total. The quantitative estimate of drug-likeness (QED) is 0.653. The summed E-state index contributed by atoms with van der Waals surface area (Å²) in [6.07, 6.45) is -0.753. The number of carbonyl (C=O) groups excluding carboxylic acids is 2. The summed E-state index contributed by atoms with van der Waals surface area (Å²) in [4.78, 5) is 24.8. The molecule has 0 saturated carbocycles. The van der Waals surface area contributed by atoms with Crippen LogP contribution < -0.4 is 0 Å². The van der Waals surface area contributed by atoms with Crippen LogP contribution in [0.2, 0.25) is 5.02 Å². The molecule has 3 rings (SSSR count). The molecular weight excluding hydrogens is 348 g/mol. The average Bonchev–Trinajstić information content (AvgIpc) is 3.09. The normalized spacial score (nSPS) is 12.3. The summed E-state index contributed by atoms with van der Waals surface area (Å²) < 4.78 is 6.95. The fourth-order valence-corrected chi connectivity index (χ4v) is 3.40. The van der Waals surface area contributed by atoms with Crippen molar-refractivity contribution in [2.75, 3.05) is 0 Å². The van der Waals surface area contributed by atoms with Gasteiger partial charge in [0.2, 0.25) is 0 Å². The molecule has 0 fully saturated rings. The van der Waals surface area contributed by atoms with Gasteiger partial charge >= 0.3 is 5.97 Å². The molecule has 1 atom stereocenters. The van der Waals surface area contributed by atoms with E-state index in [1.807, 2.05) is 19.1 Å². The number of thiophene rings is 1. The lowest BCUT2D eigenvalue weighted by atomic mass is 10.3. The van der Waals surface area contributed by atoms with Crippen molar-refractivity contribution in [2.24, 2.45) is 0 Å². The lowest BCUT2D eigenvalue weighted by molar-refractivity contribution is -0.124. The molecule has 2 aromatic heterocycles. The number of rotatable bonds is 4. The summed E-state index contributed by atoms with van der Waals surface area (Å²) >= 11 is 7.21. The number of nitrogens with zero attached hydrogens (tertiary/aromatic N) is 2. The average molecular weight is 363 g/mol. The fraction of sp³-hybridized carbons (Fsp3) is 0.235. The van der Waals surface area contributed by atoms with Gasteiger partial charge in [-0.2, -0.15) is 5.10 Å². The van der Waals surface area contributed by atoms with Gasteiger partial charge in [-0.15, -0.1) is 11.3 Å². The molecule has 0 aliphatic rings. The van der Waals surface area contributed by atoms with Gasteiger partial charge in [-0.25, -0.2) is 9.48 Å². The van der Waals surface area contributed by atoms with Gasteiger partial charge in [0.05, 0.1) is 11.4 Å². The lowest BCUT2D eigenvalue weighted by Gasteiger charge is -2.08. The molecule has 2 heterocycles. The molecule has 3 aromatic rings. The van der Waals surface area contributed by atoms with Crippen LogP contribution >= 0.6 is 22.9 Å². The minimum absolute atomic E-state index is 0.187. The van der Waals surface area contributed by atoms with Crippen molar-refractivity contribution >= 4 is 44.9 Å². The molecule has 0 aliphatic heterocycles. The Labute approximate surface area is 147 Å². The SMILES string of the molecule is CC(=O)C(C)OC(=O)c1cc2c(C)nn(-c3ccc(Cl)cc3)c2s1. The second-order valence-corrected chi connectivity index (χ2v) is 6.93. The highest BCUT2D eigenvalue weighted by Gasteiger charge is 2.21. The summed E-state index contributed by atoms with van der Waals surface area (Å²) in [5, 5.41) is 6.05. The molecule has 0 amide bonds. The molecular formula is C17H15ClN2O3S. The monoisotopic (exact) mass is 362 g/mol. The Bertz CT molecular complexity index is 927. The number of hydrogen-bond acceptors (Lipinski definition) is 5. The number of halogens is 1. The van der Waals surface area contributed by atoms with Gasteiger partial charge in [0, 0.05) is 10.4 Å². The third-order valence-corrected chi connectivity index (χ3v) is 5.02. The first-order chi connectivity index (χ1) is 11.4. The number of Topliss-reactive ketones (excluding diaryl/α,β-unsaturated/α-hetero) is 1. The Morgan fingerprint density at radius 1 is 1.29 bits per heavy atom. The standard InChI is InChI=1S/C17H15ClN2O3S/c1-9-14-8-15(17(22)23-11(3)10(2)21)24-16(14)20(19-9)13-6-4-12(18)5-7-13/h4-8,11H,1-3H3. The highest BCUT2D eigenvalue weighted by molar-refractivity contribution is 7.20. The maximum atomic E-state index is 12.2. The molecule has 1 aromatic carbocycles. The zero-order chi connectivity index (χ0) is 17.4. The van der Waals surface area contributed by atoms with Crippen LogP contribution in [-0.4, -0.2) is 27.6 Å². The largest absolute Gasteiger partial charge is 0.450 e. The van der Waals surface area contributed by atoms with E-state index >= 15 is 0 Å². The lowest BCUT2D eigenvalue weighted by Crippen LogP contribution is -2.21. The summed E-state index contributed by atoms with van der Waals surface area (Å²) in [7, 11) is 0. The number of carbonyl (C=O) groups is 2. The van der Waals surface area contributed by atoms with Crippen LogP contribution in [0.4, 0.5) is 0 Å². The van der Waals surface area contributed by atoms with E-state index in [9.17, 15) is 9.59 Å². The van der Waals surface area contributed by atoms with Crippen LogP contribution in [0.3, 0.4) is 0 Å². The van der Waals surface area contributed by atoms with E-state index in [-0.39, 0.29) is 5.78 Å². The van der Waals surface area contributed by atoms with Crippen molar-refractivity contribution in [1.82, 2.24) is 9.78 Å². The molecule has 0 N–H and O–H groups in total. The van der Waals surface area contributed by atoms with Crippen LogP contribution in [0.1, 0.15) is 29.2 Å². The van der Waals surface area contributed by atoms with Gasteiger partial charge in [0.25, 0.3) is 0 Å². The third-order valence-electron chi connectivity index (χ3n) is 3.67. The van der Waals surface area contributed by atoms with Crippen molar-refractivity contribution < 1.29 is 14.3 Å². The minimum Gasteiger partial charge on any atom is -0.450 e. The number of esters is 1. The molecule has 1 unspecified atom stereocenters. The Hall–Kier alpha value is -2.18. The molecule has 0 aliphatic carbocycles. The van der Waals surface area contributed by atoms with Crippen LogP contribution in [0.25, 0.3) is 15.9 Å². The maximum absolute atomic E-state index is 12.2. The van der Waals surface area contributed by atoms with Gasteiger partial charge in [0.1, 0.15) is 9.71 Å². The number of fused-ring (bicyclic) bond motifs is 1. The van der Waals surface area contributed by atoms with E-state index in [2.05, 4.69) is 5.10 Å². The Morgan fingerprint density at radius 2 is 1.96 bits per heavy atom. The van der Waals surface area contributed by atoms with Crippen LogP contribution in [0, 0.1) is 6.92 Å². The number of aromatic nitrogens is 2. The first-order valence-electron chi connectivity index (χ1n) is 7.33. The maximum Gasteiger partial charge on any atom is 0.349 e. The van der Waals surface area contributed by atoms with E-state index in [4.69, 9.17) is 16.3 Å². The Balaban J connectivity index is 1.99. The van der Waals surface area contributed by atoms with Crippen molar-refractivity contribution in [3.63, 3.8) is 0 Å². The molecule has 7 heteroatoms. The van der Waals surface area contributed by atoms with Crippen molar-refractivity contribution in [3.05, 3.63) is 45.9 Å². The van der Waals surface area contributed by atoms with E-state index in [0.29, 0.717) is 9.90 Å². The van der Waals surface area contributed by atoms with Crippen molar-refractivity contribution in [3.8, 4) is 5.69 Å². The number of benzene rings is 1. The zero-order valence-corrected chi connectivity index (χ0v) is 14.9. The van der Waals surface area contributed by atoms with Gasteiger partial charge < -0.3 is 4.74 Å². The predicted molar refractivity (Wildman–Crippen MR) is 94.3 cm³/mol. The molecule has 0 spiro atoms. The highest BCUT2D eigenvalue weighted by Crippen LogP contribution is 2.31. The summed E-state index contributed by atoms with van der Waals surface area (Å²) in [5.74, 6) is -0.686. The molecule has 0 saturated heterocycles. The summed E-state index contributed by atoms with van der Waals surface area (Å²) in [6.45, 7) is 4.84. The Morgan fingerprint density at radius 3 is 2.58 bits per heavy atom. The summed E-state index contributed by atoms with van der Waals surface area (Å²) in [5.41, 5.74) is 1.67. The van der Waals surface area contributed by atoms with Crippen LogP contribution in [-0.2, 0) is 9.53 Å².